The molecule has 0 aromatic carbocycles. The van der Waals surface area contributed by atoms with Crippen LogP contribution in [0.3, 0.4) is 0 Å². The van der Waals surface area contributed by atoms with Gasteiger partial charge >= 0.3 is 6.18 Å². The SMILES string of the molecule is CCCNC(=O)c1c(NC(=O)c2cc(Oc3cc(C(F)(F)F)nn3C)nn2-c2ncccc2Cl)c(C)cc2ccnn12. The van der Waals surface area contributed by atoms with Gasteiger partial charge in [-0.3, -0.25) is 9.59 Å². The van der Waals surface area contributed by atoms with E-state index in [1.54, 1.807) is 25.1 Å². The number of rotatable bonds is 8. The number of amides is 2. The Labute approximate surface area is 241 Å². The second-order valence-electron chi connectivity index (χ2n) is 9.11. The first-order valence-corrected chi connectivity index (χ1v) is 12.9. The van der Waals surface area contributed by atoms with Crippen LogP contribution >= 0.6 is 11.6 Å². The van der Waals surface area contributed by atoms with E-state index in [0.29, 0.717) is 30.1 Å². The fourth-order valence-corrected chi connectivity index (χ4v) is 4.32. The molecule has 0 unspecified atom stereocenters. The fourth-order valence-electron chi connectivity index (χ4n) is 4.12. The molecule has 0 radical (unpaired) electrons. The van der Waals surface area contributed by atoms with Gasteiger partial charge < -0.3 is 15.4 Å². The average molecular weight is 602 g/mol. The van der Waals surface area contributed by atoms with Crippen LogP contribution in [0, 0.1) is 6.92 Å². The molecule has 5 heterocycles. The molecule has 5 aromatic rings. The summed E-state index contributed by atoms with van der Waals surface area (Å²) in [7, 11) is 1.27. The fraction of sp³-hybridized carbons (Fsp3) is 0.231. The molecule has 0 saturated heterocycles. The van der Waals surface area contributed by atoms with Crippen LogP contribution in [-0.4, -0.2) is 52.5 Å². The van der Waals surface area contributed by atoms with Gasteiger partial charge in [-0.2, -0.15) is 23.4 Å². The topological polar surface area (TPSA) is 133 Å². The molecule has 42 heavy (non-hydrogen) atoms. The predicted molar refractivity (Wildman–Crippen MR) is 145 cm³/mol. The molecule has 0 saturated carbocycles. The Morgan fingerprint density at radius 1 is 1.10 bits per heavy atom. The monoisotopic (exact) mass is 601 g/mol. The van der Waals surface area contributed by atoms with Crippen molar-refractivity contribution in [3.63, 3.8) is 0 Å². The van der Waals surface area contributed by atoms with Crippen LogP contribution < -0.4 is 15.4 Å². The third-order valence-electron chi connectivity index (χ3n) is 6.06. The van der Waals surface area contributed by atoms with Gasteiger partial charge in [-0.05, 0) is 43.2 Å². The molecule has 12 nitrogen and oxygen atoms in total. The molecular formula is C26H23ClF3N9O3. The summed E-state index contributed by atoms with van der Waals surface area (Å²) in [5.74, 6) is -1.65. The number of alkyl halides is 3. The first kappa shape index (κ1) is 28.6. The first-order valence-electron chi connectivity index (χ1n) is 12.5. The molecule has 0 aliphatic heterocycles. The van der Waals surface area contributed by atoms with Crippen LogP contribution in [0.5, 0.6) is 11.8 Å². The largest absolute Gasteiger partial charge is 0.435 e. The second-order valence-corrected chi connectivity index (χ2v) is 9.52. The number of pyridine rings is 2. The van der Waals surface area contributed by atoms with Crippen molar-refractivity contribution in [3.8, 4) is 17.6 Å². The van der Waals surface area contributed by atoms with Gasteiger partial charge in [0.25, 0.3) is 11.8 Å². The highest BCUT2D eigenvalue weighted by Crippen LogP contribution is 2.33. The number of hydrogen-bond acceptors (Lipinski definition) is 7. The van der Waals surface area contributed by atoms with E-state index in [1.807, 2.05) is 6.92 Å². The molecule has 0 fully saturated rings. The van der Waals surface area contributed by atoms with Crippen molar-refractivity contribution in [2.75, 3.05) is 11.9 Å². The normalized spacial score (nSPS) is 11.6. The number of fused-ring (bicyclic) bond motifs is 1. The summed E-state index contributed by atoms with van der Waals surface area (Å²) < 4.78 is 48.5. The summed E-state index contributed by atoms with van der Waals surface area (Å²) in [5, 5.41) is 17.6. The zero-order valence-electron chi connectivity index (χ0n) is 22.4. The van der Waals surface area contributed by atoms with Crippen LogP contribution in [0.2, 0.25) is 5.02 Å². The van der Waals surface area contributed by atoms with E-state index in [1.165, 1.54) is 36.1 Å². The van der Waals surface area contributed by atoms with E-state index in [9.17, 15) is 22.8 Å². The van der Waals surface area contributed by atoms with Crippen molar-refractivity contribution in [1.82, 2.24) is 39.5 Å². The van der Waals surface area contributed by atoms with Gasteiger partial charge in [-0.25, -0.2) is 18.9 Å². The van der Waals surface area contributed by atoms with E-state index in [-0.39, 0.29) is 39.7 Å². The molecule has 0 aliphatic carbocycles. The van der Waals surface area contributed by atoms with E-state index < -0.39 is 23.7 Å². The maximum Gasteiger partial charge on any atom is 0.435 e. The Morgan fingerprint density at radius 2 is 1.88 bits per heavy atom. The second kappa shape index (κ2) is 11.2. The minimum absolute atomic E-state index is 0.0558. The number of nitrogens with one attached hydrogen (secondary N) is 2. The lowest BCUT2D eigenvalue weighted by Gasteiger charge is -2.16. The molecule has 5 rings (SSSR count). The Hall–Kier alpha value is -4.92. The molecule has 0 aliphatic rings. The summed E-state index contributed by atoms with van der Waals surface area (Å²) in [6.07, 6.45) is -1.05. The lowest BCUT2D eigenvalue weighted by Crippen LogP contribution is -2.29. The van der Waals surface area contributed by atoms with Crippen LogP contribution in [0.25, 0.3) is 11.3 Å². The first-order chi connectivity index (χ1) is 20.0. The molecule has 16 heteroatoms. The number of anilines is 1. The number of aryl methyl sites for hydroxylation is 2. The van der Waals surface area contributed by atoms with Crippen LogP contribution in [0.4, 0.5) is 18.9 Å². The molecule has 0 bridgehead atoms. The van der Waals surface area contributed by atoms with Gasteiger partial charge in [0, 0.05) is 31.9 Å². The molecule has 218 valence electrons. The number of aromatic nitrogens is 7. The predicted octanol–water partition coefficient (Wildman–Crippen LogP) is 4.81. The number of hydrogen-bond donors (Lipinski definition) is 2. The lowest BCUT2D eigenvalue weighted by atomic mass is 10.1. The van der Waals surface area contributed by atoms with Crippen molar-refractivity contribution in [2.45, 2.75) is 26.4 Å². The maximum absolute atomic E-state index is 13.8. The van der Waals surface area contributed by atoms with Gasteiger partial charge in [0.2, 0.25) is 11.8 Å². The lowest BCUT2D eigenvalue weighted by molar-refractivity contribution is -0.141. The van der Waals surface area contributed by atoms with Crippen molar-refractivity contribution in [2.24, 2.45) is 7.05 Å². The van der Waals surface area contributed by atoms with E-state index in [0.717, 1.165) is 9.36 Å². The van der Waals surface area contributed by atoms with Crippen LogP contribution in [0.15, 0.2) is 48.8 Å². The Morgan fingerprint density at radius 3 is 2.57 bits per heavy atom. The third-order valence-corrected chi connectivity index (χ3v) is 6.36. The molecule has 0 atom stereocenters. The summed E-state index contributed by atoms with van der Waals surface area (Å²) >= 11 is 6.34. The zero-order valence-corrected chi connectivity index (χ0v) is 23.2. The third kappa shape index (κ3) is 5.50. The molecule has 5 aromatic heterocycles. The highest BCUT2D eigenvalue weighted by Gasteiger charge is 2.35. The van der Waals surface area contributed by atoms with Gasteiger partial charge in [0.05, 0.1) is 22.4 Å². The number of ether oxygens (including phenoxy) is 1. The number of nitrogens with zero attached hydrogens (tertiary/aromatic N) is 7. The van der Waals surface area contributed by atoms with Crippen molar-refractivity contribution < 1.29 is 27.5 Å². The van der Waals surface area contributed by atoms with Gasteiger partial charge in [-0.15, -0.1) is 5.10 Å². The van der Waals surface area contributed by atoms with Crippen LogP contribution in [0.1, 0.15) is 45.6 Å². The molecule has 0 spiro atoms. The maximum atomic E-state index is 13.8. The Kier molecular flexibility index (Phi) is 7.60. The summed E-state index contributed by atoms with van der Waals surface area (Å²) in [5.41, 5.74) is 0.208. The highest BCUT2D eigenvalue weighted by molar-refractivity contribution is 6.32. The Bertz CT molecular complexity index is 1810. The van der Waals surface area contributed by atoms with Gasteiger partial charge in [0.1, 0.15) is 5.69 Å². The van der Waals surface area contributed by atoms with E-state index in [4.69, 9.17) is 16.3 Å². The summed E-state index contributed by atoms with van der Waals surface area (Å²) in [6.45, 7) is 4.03. The van der Waals surface area contributed by atoms with Crippen molar-refractivity contribution in [1.29, 1.82) is 0 Å². The molecular weight excluding hydrogens is 579 g/mol. The number of carbonyl (C=O) groups excluding carboxylic acids is 2. The molecule has 2 amide bonds. The average Bonchev–Trinajstić information content (AvgIpc) is 3.67. The van der Waals surface area contributed by atoms with Gasteiger partial charge in [-0.1, -0.05) is 18.5 Å². The zero-order chi connectivity index (χ0) is 30.2. The molecule has 2 N–H and O–H groups in total. The highest BCUT2D eigenvalue weighted by atomic mass is 35.5. The number of carbonyl (C=O) groups is 2. The minimum Gasteiger partial charge on any atom is -0.419 e. The number of halogens is 4. The smallest absolute Gasteiger partial charge is 0.419 e. The van der Waals surface area contributed by atoms with E-state index >= 15 is 0 Å². The van der Waals surface area contributed by atoms with Crippen molar-refractivity contribution >= 4 is 34.6 Å². The summed E-state index contributed by atoms with van der Waals surface area (Å²) in [4.78, 5) is 31.1. The van der Waals surface area contributed by atoms with Crippen LogP contribution in [-0.2, 0) is 13.2 Å². The quantitative estimate of drug-likeness (QED) is 0.261. The van der Waals surface area contributed by atoms with Crippen molar-refractivity contribution in [3.05, 3.63) is 76.5 Å². The Balaban J connectivity index is 1.57. The minimum atomic E-state index is -4.69. The standard InChI is InChI=1S/C26H23ClF3N9O3/c1-4-8-32-25(41)22-21(14(2)11-15-7-10-33-38(15)22)34-24(40)17-12-19(36-39(17)23-16(27)6-5-9-31-23)42-20-13-18(26(28,29)30)35-37(20)3/h5-7,9-13H,4,8H2,1-3H3,(H,32,41)(H,34,40). The van der Waals surface area contributed by atoms with Gasteiger partial charge in [0.15, 0.2) is 17.2 Å². The van der Waals surface area contributed by atoms with E-state index in [2.05, 4.69) is 30.9 Å². The summed E-state index contributed by atoms with van der Waals surface area (Å²) in [6, 6.07) is 8.48.